The number of hydrogen-bond donors (Lipinski definition) is 0. The molecule has 0 heterocycles. The molecule has 0 fully saturated rings. The van der Waals surface area contributed by atoms with Crippen LogP contribution in [-0.4, -0.2) is 0 Å². The molecule has 0 heteroatoms. The Morgan fingerprint density at radius 3 is 1.78 bits per heavy atom. The zero-order chi connectivity index (χ0) is 14.0. The lowest BCUT2D eigenvalue weighted by Gasteiger charge is -2.03. The highest BCUT2D eigenvalue weighted by atomic mass is 14.0. The molecule has 0 aromatic rings. The minimum Gasteiger partial charge on any atom is -0.0856 e. The molecule has 0 aromatic heterocycles. The fourth-order valence-electron chi connectivity index (χ4n) is 1.78. The van der Waals surface area contributed by atoms with Gasteiger partial charge in [0.15, 0.2) is 0 Å². The van der Waals surface area contributed by atoms with Gasteiger partial charge in [-0.1, -0.05) is 48.8 Å². The predicted octanol–water partition coefficient (Wildman–Crippen LogP) is 6.45. The summed E-state index contributed by atoms with van der Waals surface area (Å²) in [6, 6.07) is 0. The lowest BCUT2D eigenvalue weighted by molar-refractivity contribution is 0.659. The Morgan fingerprint density at radius 1 is 0.778 bits per heavy atom. The first-order valence-electron chi connectivity index (χ1n) is 7.36. The summed E-state index contributed by atoms with van der Waals surface area (Å²) in [4.78, 5) is 0. The summed E-state index contributed by atoms with van der Waals surface area (Å²) in [6.45, 7) is 13.4. The molecule has 0 radical (unpaired) electrons. The van der Waals surface area contributed by atoms with Crippen LogP contribution in [0.4, 0.5) is 0 Å². The molecular weight excluding hydrogens is 216 g/mol. The molecule has 0 aliphatic heterocycles. The van der Waals surface area contributed by atoms with Crippen LogP contribution in [0.5, 0.6) is 0 Å². The second kappa shape index (κ2) is 10.2. The summed E-state index contributed by atoms with van der Waals surface area (Å²) in [7, 11) is 0. The van der Waals surface area contributed by atoms with E-state index in [-0.39, 0.29) is 0 Å². The average Bonchev–Trinajstić information content (AvgIpc) is 2.25. The van der Waals surface area contributed by atoms with Gasteiger partial charge >= 0.3 is 0 Å². The Bertz CT molecular complexity index is 296. The van der Waals surface area contributed by atoms with Gasteiger partial charge in [0.05, 0.1) is 0 Å². The van der Waals surface area contributed by atoms with Crippen LogP contribution >= 0.6 is 0 Å². The van der Waals surface area contributed by atoms with Crippen molar-refractivity contribution in [1.29, 1.82) is 0 Å². The van der Waals surface area contributed by atoms with Crippen LogP contribution in [0.15, 0.2) is 34.9 Å². The summed E-state index contributed by atoms with van der Waals surface area (Å²) in [5.41, 5.74) is 4.50. The standard InChI is InChI=1S/C18H32/c1-15(2)9-7-10-17(5)11-8-12-18(6)14-13-16(3)4/h9,11,14,16H,7-8,10,12-13H2,1-6H3. The van der Waals surface area contributed by atoms with E-state index < -0.39 is 0 Å². The first kappa shape index (κ1) is 17.2. The van der Waals surface area contributed by atoms with Gasteiger partial charge in [-0.15, -0.1) is 0 Å². The van der Waals surface area contributed by atoms with Gasteiger partial charge in [0.2, 0.25) is 0 Å². The van der Waals surface area contributed by atoms with Gasteiger partial charge in [0.1, 0.15) is 0 Å². The zero-order valence-corrected chi connectivity index (χ0v) is 13.3. The van der Waals surface area contributed by atoms with Crippen LogP contribution in [0.1, 0.15) is 73.6 Å². The third-order valence-corrected chi connectivity index (χ3v) is 3.06. The van der Waals surface area contributed by atoms with Crippen molar-refractivity contribution < 1.29 is 0 Å². The van der Waals surface area contributed by atoms with Crippen molar-refractivity contribution in [1.82, 2.24) is 0 Å². The van der Waals surface area contributed by atoms with E-state index in [1.807, 2.05) is 0 Å². The maximum Gasteiger partial charge on any atom is -0.0288 e. The van der Waals surface area contributed by atoms with E-state index in [0.29, 0.717) is 0 Å². The molecule has 0 aliphatic carbocycles. The highest BCUT2D eigenvalue weighted by molar-refractivity contribution is 5.05. The minimum atomic E-state index is 0.779. The van der Waals surface area contributed by atoms with Crippen molar-refractivity contribution in [2.24, 2.45) is 5.92 Å². The largest absolute Gasteiger partial charge is 0.0856 e. The fraction of sp³-hybridized carbons (Fsp3) is 0.667. The zero-order valence-electron chi connectivity index (χ0n) is 13.3. The molecule has 0 unspecified atom stereocenters. The monoisotopic (exact) mass is 248 g/mol. The Hall–Kier alpha value is -0.780. The molecule has 0 amide bonds. The molecule has 0 aliphatic rings. The first-order valence-corrected chi connectivity index (χ1v) is 7.36. The van der Waals surface area contributed by atoms with Crippen LogP contribution < -0.4 is 0 Å². The first-order chi connectivity index (χ1) is 8.41. The van der Waals surface area contributed by atoms with Crippen molar-refractivity contribution in [3.8, 4) is 0 Å². The predicted molar refractivity (Wildman–Crippen MR) is 84.9 cm³/mol. The molecular formula is C18H32. The van der Waals surface area contributed by atoms with Gasteiger partial charge in [-0.3, -0.25) is 0 Å². The van der Waals surface area contributed by atoms with Crippen molar-refractivity contribution in [2.45, 2.75) is 73.6 Å². The molecule has 0 aromatic carbocycles. The van der Waals surface area contributed by atoms with Crippen LogP contribution in [0.2, 0.25) is 0 Å². The highest BCUT2D eigenvalue weighted by Crippen LogP contribution is 2.13. The molecule has 0 rings (SSSR count). The van der Waals surface area contributed by atoms with Gasteiger partial charge < -0.3 is 0 Å². The van der Waals surface area contributed by atoms with E-state index in [1.54, 1.807) is 0 Å². The maximum absolute atomic E-state index is 2.41. The third kappa shape index (κ3) is 11.7. The topological polar surface area (TPSA) is 0 Å². The fourth-order valence-corrected chi connectivity index (χ4v) is 1.78. The number of rotatable bonds is 8. The van der Waals surface area contributed by atoms with Crippen LogP contribution in [-0.2, 0) is 0 Å². The van der Waals surface area contributed by atoms with Crippen molar-refractivity contribution >= 4 is 0 Å². The average molecular weight is 248 g/mol. The SMILES string of the molecule is CC(C)=CCCC(C)=CCCC(C)=CCC(C)C. The van der Waals surface area contributed by atoms with Gasteiger partial charge in [0.25, 0.3) is 0 Å². The summed E-state index contributed by atoms with van der Waals surface area (Å²) in [6.07, 6.45) is 13.2. The molecule has 0 atom stereocenters. The van der Waals surface area contributed by atoms with Gasteiger partial charge in [0, 0.05) is 0 Å². The van der Waals surface area contributed by atoms with E-state index in [4.69, 9.17) is 0 Å². The molecule has 0 spiro atoms. The van der Waals surface area contributed by atoms with Crippen LogP contribution in [0, 0.1) is 5.92 Å². The lowest BCUT2D eigenvalue weighted by Crippen LogP contribution is -1.85. The summed E-state index contributed by atoms with van der Waals surface area (Å²) in [5, 5.41) is 0. The van der Waals surface area contributed by atoms with E-state index in [1.165, 1.54) is 48.8 Å². The Kier molecular flexibility index (Phi) is 9.73. The van der Waals surface area contributed by atoms with Crippen molar-refractivity contribution in [2.75, 3.05) is 0 Å². The second-order valence-electron chi connectivity index (χ2n) is 6.09. The quantitative estimate of drug-likeness (QED) is 0.433. The van der Waals surface area contributed by atoms with Gasteiger partial charge in [-0.2, -0.15) is 0 Å². The smallest absolute Gasteiger partial charge is 0.0288 e. The van der Waals surface area contributed by atoms with Crippen molar-refractivity contribution in [3.05, 3.63) is 34.9 Å². The Morgan fingerprint density at radius 2 is 1.28 bits per heavy atom. The molecule has 0 N–H and O–H groups in total. The van der Waals surface area contributed by atoms with Gasteiger partial charge in [-0.05, 0) is 65.7 Å². The summed E-state index contributed by atoms with van der Waals surface area (Å²) in [5.74, 6) is 0.779. The number of allylic oxidation sites excluding steroid dienone is 6. The highest BCUT2D eigenvalue weighted by Gasteiger charge is 1.93. The van der Waals surface area contributed by atoms with E-state index in [9.17, 15) is 0 Å². The molecule has 0 bridgehead atoms. The summed E-state index contributed by atoms with van der Waals surface area (Å²) >= 11 is 0. The van der Waals surface area contributed by atoms with E-state index in [0.717, 1.165) is 5.92 Å². The number of hydrogen-bond acceptors (Lipinski definition) is 0. The Balaban J connectivity index is 3.86. The van der Waals surface area contributed by atoms with Crippen LogP contribution in [0.3, 0.4) is 0 Å². The maximum atomic E-state index is 2.41. The third-order valence-electron chi connectivity index (χ3n) is 3.06. The summed E-state index contributed by atoms with van der Waals surface area (Å²) < 4.78 is 0. The van der Waals surface area contributed by atoms with E-state index >= 15 is 0 Å². The molecule has 0 saturated heterocycles. The lowest BCUT2D eigenvalue weighted by atomic mass is 10.0. The normalized spacial score (nSPS) is 13.1. The molecule has 104 valence electrons. The molecule has 0 saturated carbocycles. The second-order valence-corrected chi connectivity index (χ2v) is 6.09. The van der Waals surface area contributed by atoms with Crippen LogP contribution in [0.25, 0.3) is 0 Å². The molecule has 18 heavy (non-hydrogen) atoms. The van der Waals surface area contributed by atoms with Crippen molar-refractivity contribution in [3.63, 3.8) is 0 Å². The Labute approximate surface area is 115 Å². The van der Waals surface area contributed by atoms with Gasteiger partial charge in [-0.25, -0.2) is 0 Å². The minimum absolute atomic E-state index is 0.779. The van der Waals surface area contributed by atoms with E-state index in [2.05, 4.69) is 59.8 Å². The molecule has 0 nitrogen and oxygen atoms in total.